The number of rotatable bonds is 2. The van der Waals surface area contributed by atoms with E-state index in [0.29, 0.717) is 0 Å². The molecule has 0 fully saturated rings. The molecule has 0 spiro atoms. The molecule has 0 aromatic carbocycles. The molecule has 0 aliphatic rings. The van der Waals surface area contributed by atoms with Gasteiger partial charge in [0, 0.05) is 45.1 Å². The lowest BCUT2D eigenvalue weighted by atomic mass is 9.88. The summed E-state index contributed by atoms with van der Waals surface area (Å²) in [5.41, 5.74) is 2.22. The normalized spacial score (nSPS) is 13.1. The molecule has 0 saturated carbocycles. The molecule has 0 atom stereocenters. The zero-order valence-electron chi connectivity index (χ0n) is 26.9. The molecule has 13 heteroatoms. The van der Waals surface area contributed by atoms with Gasteiger partial charge in [-0.3, -0.25) is 0 Å². The quantitative estimate of drug-likeness (QED) is 0.158. The van der Waals surface area contributed by atoms with Crippen molar-refractivity contribution in [1.82, 2.24) is 0 Å². The van der Waals surface area contributed by atoms with Gasteiger partial charge in [-0.15, -0.1) is 11.3 Å². The molecule has 0 bridgehead atoms. The molecule has 0 radical (unpaired) electrons. The van der Waals surface area contributed by atoms with Crippen LogP contribution in [0.15, 0.2) is 45.2 Å². The van der Waals surface area contributed by atoms with E-state index in [1.807, 2.05) is 11.3 Å². The Morgan fingerprint density at radius 1 is 0.442 bits per heavy atom. The third-order valence-electron chi connectivity index (χ3n) is 5.72. The highest BCUT2D eigenvalue weighted by Gasteiger charge is 2.36. The van der Waals surface area contributed by atoms with E-state index in [-0.39, 0.29) is 21.7 Å². The lowest BCUT2D eigenvalue weighted by Crippen LogP contribution is -2.16. The van der Waals surface area contributed by atoms with E-state index in [0.717, 1.165) is 23.0 Å². The molecule has 43 heavy (non-hydrogen) atoms. The standard InChI is InChI=1S/C30H42O2S.2BF4/c1-27(2,3)23-15-19(16-24(31-23)28(4,5)6)21-13-14-22(33-21)20-17-25(29(7,8)9)32-26(18-20)30(10,11)12;2*2-1(3,4)5/h13-18H,1-12H3;;/q+2;2*-1. The molecular formula is C30H42B2F8O2S. The van der Waals surface area contributed by atoms with Crippen LogP contribution in [0.3, 0.4) is 0 Å². The average Bonchev–Trinajstić information content (AvgIpc) is 3.24. The van der Waals surface area contributed by atoms with Gasteiger partial charge in [0.15, 0.2) is 0 Å². The molecule has 242 valence electrons. The fourth-order valence-corrected chi connectivity index (χ4v) is 4.39. The second-order valence-electron chi connectivity index (χ2n) is 14.3. The third kappa shape index (κ3) is 14.3. The van der Waals surface area contributed by atoms with Crippen molar-refractivity contribution in [2.24, 2.45) is 0 Å². The summed E-state index contributed by atoms with van der Waals surface area (Å²) < 4.78 is 90.7. The third-order valence-corrected chi connectivity index (χ3v) is 6.90. The van der Waals surface area contributed by atoms with Crippen molar-refractivity contribution in [2.45, 2.75) is 105 Å². The van der Waals surface area contributed by atoms with Crippen LogP contribution < -0.4 is 0 Å². The number of hydrogen-bond acceptors (Lipinski definition) is 1. The van der Waals surface area contributed by atoms with E-state index in [9.17, 15) is 34.5 Å². The Balaban J connectivity index is 0.000000798. The molecule has 3 aromatic heterocycles. The number of halogens is 8. The summed E-state index contributed by atoms with van der Waals surface area (Å²) in [6.07, 6.45) is 0. The van der Waals surface area contributed by atoms with Crippen LogP contribution in [0.25, 0.3) is 20.9 Å². The SMILES string of the molecule is CC(C)(C)c1cc(-c2ccc(-c3cc(C(C)(C)C)[o+]c(C(C)(C)C)c3)s2)cc(C(C)(C)C)[o+]1.F[B-](F)(F)F.F[B-](F)(F)F. The van der Waals surface area contributed by atoms with Gasteiger partial charge < -0.3 is 34.5 Å². The summed E-state index contributed by atoms with van der Waals surface area (Å²) in [4.78, 5) is 2.51. The second kappa shape index (κ2) is 13.3. The maximum atomic E-state index is 9.75. The monoisotopic (exact) mass is 640 g/mol. The second-order valence-corrected chi connectivity index (χ2v) is 15.4. The highest BCUT2D eigenvalue weighted by Crippen LogP contribution is 2.41. The Bertz CT molecular complexity index is 1180. The van der Waals surface area contributed by atoms with Crippen LogP contribution in [0.1, 0.15) is 106 Å². The van der Waals surface area contributed by atoms with Gasteiger partial charge in [-0.1, -0.05) is 0 Å². The molecule has 3 heterocycles. The number of hydrogen-bond donors (Lipinski definition) is 0. The van der Waals surface area contributed by atoms with Crippen LogP contribution in [-0.4, -0.2) is 14.5 Å². The zero-order valence-corrected chi connectivity index (χ0v) is 27.7. The number of thiophene rings is 1. The largest absolute Gasteiger partial charge is 0.673 e. The lowest BCUT2D eigenvalue weighted by Gasteiger charge is -2.15. The van der Waals surface area contributed by atoms with Crippen LogP contribution in [0, 0.1) is 0 Å². The van der Waals surface area contributed by atoms with Gasteiger partial charge in [0.2, 0.25) is 0 Å². The minimum Gasteiger partial charge on any atom is -0.418 e. The Morgan fingerprint density at radius 2 is 0.628 bits per heavy atom. The minimum absolute atomic E-state index is 0.0553. The van der Waals surface area contributed by atoms with Gasteiger partial charge in [0.1, 0.15) is 0 Å². The first-order valence-electron chi connectivity index (χ1n) is 13.7. The fraction of sp³-hybridized carbons (Fsp3) is 0.533. The van der Waals surface area contributed by atoms with E-state index in [1.165, 1.54) is 20.9 Å². The predicted octanol–water partition coefficient (Wildman–Crippen LogP) is 12.6. The van der Waals surface area contributed by atoms with Gasteiger partial charge >= 0.3 is 37.5 Å². The van der Waals surface area contributed by atoms with Gasteiger partial charge in [0.25, 0.3) is 0 Å². The topological polar surface area (TPSA) is 22.6 Å². The first-order chi connectivity index (χ1) is 18.9. The molecule has 3 aromatic rings. The molecule has 0 aliphatic carbocycles. The summed E-state index contributed by atoms with van der Waals surface area (Å²) in [6.45, 7) is 26.5. The van der Waals surface area contributed by atoms with Gasteiger partial charge in [-0.05, 0) is 95.2 Å². The summed E-state index contributed by atoms with van der Waals surface area (Å²) in [5.74, 6) is 4.07. The summed E-state index contributed by atoms with van der Waals surface area (Å²) in [5, 5.41) is 0. The Hall–Kier alpha value is -2.43. The molecule has 2 nitrogen and oxygen atoms in total. The van der Waals surface area contributed by atoms with Crippen molar-refractivity contribution in [1.29, 1.82) is 0 Å². The Labute approximate surface area is 254 Å². The molecular weight excluding hydrogens is 598 g/mol. The van der Waals surface area contributed by atoms with E-state index < -0.39 is 14.5 Å². The highest BCUT2D eigenvalue weighted by atomic mass is 32.1. The average molecular weight is 640 g/mol. The zero-order chi connectivity index (χ0) is 34.0. The van der Waals surface area contributed by atoms with Crippen LogP contribution >= 0.6 is 11.3 Å². The maximum Gasteiger partial charge on any atom is 0.673 e. The molecule has 0 unspecified atom stereocenters. The van der Waals surface area contributed by atoms with Gasteiger partial charge in [0.05, 0.1) is 21.7 Å². The van der Waals surface area contributed by atoms with Crippen LogP contribution in [-0.2, 0) is 21.7 Å². The van der Waals surface area contributed by atoms with Crippen molar-refractivity contribution in [3.63, 3.8) is 0 Å². The molecule has 0 amide bonds. The van der Waals surface area contributed by atoms with Gasteiger partial charge in [-0.25, -0.2) is 8.83 Å². The molecule has 0 aliphatic heterocycles. The summed E-state index contributed by atoms with van der Waals surface area (Å²) >= 11 is 1.83. The molecule has 0 N–H and O–H groups in total. The van der Waals surface area contributed by atoms with Crippen LogP contribution in [0.5, 0.6) is 0 Å². The summed E-state index contributed by atoms with van der Waals surface area (Å²) in [6, 6.07) is 13.3. The van der Waals surface area contributed by atoms with E-state index in [2.05, 4.69) is 119 Å². The predicted molar refractivity (Wildman–Crippen MR) is 164 cm³/mol. The van der Waals surface area contributed by atoms with Crippen molar-refractivity contribution in [3.05, 3.63) is 59.4 Å². The van der Waals surface area contributed by atoms with E-state index >= 15 is 0 Å². The van der Waals surface area contributed by atoms with Crippen molar-refractivity contribution in [3.8, 4) is 20.9 Å². The van der Waals surface area contributed by atoms with Crippen LogP contribution in [0.2, 0.25) is 0 Å². The minimum atomic E-state index is -6.00. The Morgan fingerprint density at radius 3 is 0.791 bits per heavy atom. The van der Waals surface area contributed by atoms with Gasteiger partial charge in [-0.2, -0.15) is 0 Å². The first-order valence-corrected chi connectivity index (χ1v) is 14.5. The van der Waals surface area contributed by atoms with Crippen molar-refractivity contribution in [2.75, 3.05) is 0 Å². The van der Waals surface area contributed by atoms with Crippen molar-refractivity contribution >= 4 is 25.8 Å². The van der Waals surface area contributed by atoms with E-state index in [4.69, 9.17) is 8.83 Å². The smallest absolute Gasteiger partial charge is 0.418 e. The van der Waals surface area contributed by atoms with Crippen molar-refractivity contribution < 1.29 is 43.4 Å². The molecule has 3 rings (SSSR count). The summed E-state index contributed by atoms with van der Waals surface area (Å²) in [7, 11) is -12.0. The highest BCUT2D eigenvalue weighted by molar-refractivity contribution is 7.18. The maximum absolute atomic E-state index is 9.75. The van der Waals surface area contributed by atoms with E-state index in [1.54, 1.807) is 0 Å². The lowest BCUT2D eigenvalue weighted by molar-refractivity contribution is 0.329. The Kier molecular flexibility index (Phi) is 11.9. The fourth-order valence-electron chi connectivity index (χ4n) is 3.41. The first kappa shape index (κ1) is 38.6. The van der Waals surface area contributed by atoms with Crippen LogP contribution in [0.4, 0.5) is 34.5 Å². The molecule has 0 saturated heterocycles.